The third-order valence-electron chi connectivity index (χ3n) is 4.92. The van der Waals surface area contributed by atoms with Gasteiger partial charge in [0.25, 0.3) is 0 Å². The van der Waals surface area contributed by atoms with Gasteiger partial charge in [-0.15, -0.1) is 0 Å². The van der Waals surface area contributed by atoms with Gasteiger partial charge in [-0.25, -0.2) is 0 Å². The Kier molecular flexibility index (Phi) is 3.49. The van der Waals surface area contributed by atoms with E-state index >= 15 is 0 Å². The van der Waals surface area contributed by atoms with Crippen LogP contribution in [0.3, 0.4) is 0 Å². The van der Waals surface area contributed by atoms with Crippen LogP contribution in [0.1, 0.15) is 51.4 Å². The second-order valence-electron chi connectivity index (χ2n) is 5.96. The Balaban J connectivity index is 1.49. The first kappa shape index (κ1) is 11.0. The molecular formula is C14H25NO. The van der Waals surface area contributed by atoms with E-state index in [4.69, 9.17) is 4.74 Å². The SMILES string of the molecule is C1CCC(CNC2CCCC3OCCC23)C1. The average Bonchev–Trinajstić information content (AvgIpc) is 2.97. The van der Waals surface area contributed by atoms with Gasteiger partial charge in [0.1, 0.15) is 0 Å². The molecule has 0 amide bonds. The summed E-state index contributed by atoms with van der Waals surface area (Å²) in [6.45, 7) is 2.28. The van der Waals surface area contributed by atoms with Gasteiger partial charge in [-0.2, -0.15) is 0 Å². The maximum absolute atomic E-state index is 5.82. The average molecular weight is 223 g/mol. The number of fused-ring (bicyclic) bond motifs is 1. The fourth-order valence-electron chi connectivity index (χ4n) is 3.96. The molecule has 1 heterocycles. The molecule has 92 valence electrons. The summed E-state index contributed by atoms with van der Waals surface area (Å²) in [5.41, 5.74) is 0. The summed E-state index contributed by atoms with van der Waals surface area (Å²) in [7, 11) is 0. The van der Waals surface area contributed by atoms with E-state index in [2.05, 4.69) is 5.32 Å². The van der Waals surface area contributed by atoms with Gasteiger partial charge in [0.05, 0.1) is 6.10 Å². The molecule has 2 heteroatoms. The van der Waals surface area contributed by atoms with Crippen molar-refractivity contribution in [3.63, 3.8) is 0 Å². The van der Waals surface area contributed by atoms with Crippen LogP contribution in [-0.4, -0.2) is 25.3 Å². The van der Waals surface area contributed by atoms with E-state index in [1.807, 2.05) is 0 Å². The first-order valence-corrected chi connectivity index (χ1v) is 7.28. The van der Waals surface area contributed by atoms with E-state index in [9.17, 15) is 0 Å². The molecule has 1 N–H and O–H groups in total. The smallest absolute Gasteiger partial charge is 0.0619 e. The molecule has 0 aromatic rings. The maximum atomic E-state index is 5.82. The largest absolute Gasteiger partial charge is 0.378 e. The predicted octanol–water partition coefficient (Wildman–Crippen LogP) is 2.72. The minimum absolute atomic E-state index is 0.592. The van der Waals surface area contributed by atoms with Gasteiger partial charge in [0.2, 0.25) is 0 Å². The summed E-state index contributed by atoms with van der Waals surface area (Å²) in [6, 6.07) is 0.766. The lowest BCUT2D eigenvalue weighted by molar-refractivity contribution is 0.0526. The van der Waals surface area contributed by atoms with Crippen LogP contribution in [-0.2, 0) is 4.74 Å². The number of hydrogen-bond acceptors (Lipinski definition) is 2. The lowest BCUT2D eigenvalue weighted by Gasteiger charge is -2.34. The van der Waals surface area contributed by atoms with E-state index < -0.39 is 0 Å². The van der Waals surface area contributed by atoms with Gasteiger partial charge < -0.3 is 10.1 Å². The highest BCUT2D eigenvalue weighted by molar-refractivity contribution is 4.91. The first-order valence-electron chi connectivity index (χ1n) is 7.28. The van der Waals surface area contributed by atoms with Crippen LogP contribution < -0.4 is 5.32 Å². The van der Waals surface area contributed by atoms with E-state index in [1.165, 1.54) is 57.9 Å². The van der Waals surface area contributed by atoms with Crippen molar-refractivity contribution in [2.75, 3.05) is 13.2 Å². The van der Waals surface area contributed by atoms with Crippen molar-refractivity contribution in [2.24, 2.45) is 11.8 Å². The quantitative estimate of drug-likeness (QED) is 0.794. The molecule has 0 aromatic carbocycles. The molecule has 3 unspecified atom stereocenters. The topological polar surface area (TPSA) is 21.3 Å². The van der Waals surface area contributed by atoms with Crippen molar-refractivity contribution >= 4 is 0 Å². The van der Waals surface area contributed by atoms with Crippen LogP contribution >= 0.6 is 0 Å². The third kappa shape index (κ3) is 2.28. The molecule has 0 spiro atoms. The van der Waals surface area contributed by atoms with Crippen LogP contribution in [0, 0.1) is 11.8 Å². The molecule has 1 aliphatic heterocycles. The summed E-state index contributed by atoms with van der Waals surface area (Å²) in [5, 5.41) is 3.85. The summed E-state index contributed by atoms with van der Waals surface area (Å²) >= 11 is 0. The lowest BCUT2D eigenvalue weighted by Crippen LogP contribution is -2.44. The van der Waals surface area contributed by atoms with E-state index in [0.29, 0.717) is 6.10 Å². The van der Waals surface area contributed by atoms with E-state index in [-0.39, 0.29) is 0 Å². The standard InChI is InChI=1S/C14H25NO/c1-2-5-11(4-1)10-15-13-6-3-7-14-12(13)8-9-16-14/h11-15H,1-10H2. The summed E-state index contributed by atoms with van der Waals surface area (Å²) in [5.74, 6) is 1.80. The predicted molar refractivity (Wildman–Crippen MR) is 65.4 cm³/mol. The Morgan fingerprint density at radius 3 is 2.69 bits per heavy atom. The second-order valence-corrected chi connectivity index (χ2v) is 5.96. The number of nitrogens with one attached hydrogen (secondary N) is 1. The van der Waals surface area contributed by atoms with Gasteiger partial charge in [-0.05, 0) is 51.0 Å². The zero-order valence-corrected chi connectivity index (χ0v) is 10.3. The normalized spacial score (nSPS) is 40.1. The van der Waals surface area contributed by atoms with Crippen molar-refractivity contribution in [2.45, 2.75) is 63.5 Å². The van der Waals surface area contributed by atoms with E-state index in [1.54, 1.807) is 0 Å². The van der Waals surface area contributed by atoms with Crippen LogP contribution in [0.2, 0.25) is 0 Å². The maximum Gasteiger partial charge on any atom is 0.0619 e. The van der Waals surface area contributed by atoms with Crippen molar-refractivity contribution < 1.29 is 4.74 Å². The molecule has 2 aliphatic carbocycles. The Hall–Kier alpha value is -0.0800. The molecule has 0 bridgehead atoms. The van der Waals surface area contributed by atoms with Crippen molar-refractivity contribution in [1.82, 2.24) is 5.32 Å². The minimum Gasteiger partial charge on any atom is -0.378 e. The molecule has 3 fully saturated rings. The summed E-state index contributed by atoms with van der Waals surface area (Å²) in [4.78, 5) is 0. The van der Waals surface area contributed by atoms with Crippen LogP contribution in [0.5, 0.6) is 0 Å². The first-order chi connectivity index (χ1) is 7.93. The zero-order valence-electron chi connectivity index (χ0n) is 10.3. The molecule has 0 radical (unpaired) electrons. The Morgan fingerprint density at radius 2 is 1.81 bits per heavy atom. The Morgan fingerprint density at radius 1 is 0.938 bits per heavy atom. The summed E-state index contributed by atoms with van der Waals surface area (Å²) in [6.07, 6.45) is 11.8. The van der Waals surface area contributed by atoms with Crippen molar-refractivity contribution in [3.8, 4) is 0 Å². The van der Waals surface area contributed by atoms with Crippen LogP contribution in [0.25, 0.3) is 0 Å². The van der Waals surface area contributed by atoms with Gasteiger partial charge in [-0.1, -0.05) is 12.8 Å². The highest BCUT2D eigenvalue weighted by atomic mass is 16.5. The Labute approximate surface area is 99.1 Å². The fourth-order valence-corrected chi connectivity index (χ4v) is 3.96. The Bertz CT molecular complexity index is 225. The monoisotopic (exact) mass is 223 g/mol. The van der Waals surface area contributed by atoms with Gasteiger partial charge in [0.15, 0.2) is 0 Å². The zero-order chi connectivity index (χ0) is 10.8. The number of ether oxygens (including phenoxy) is 1. The van der Waals surface area contributed by atoms with E-state index in [0.717, 1.165) is 24.5 Å². The number of rotatable bonds is 3. The molecular weight excluding hydrogens is 198 g/mol. The summed E-state index contributed by atoms with van der Waals surface area (Å²) < 4.78 is 5.82. The minimum atomic E-state index is 0.592. The van der Waals surface area contributed by atoms with Gasteiger partial charge in [-0.3, -0.25) is 0 Å². The lowest BCUT2D eigenvalue weighted by atomic mass is 9.81. The van der Waals surface area contributed by atoms with Gasteiger partial charge in [0, 0.05) is 18.6 Å². The van der Waals surface area contributed by atoms with Crippen LogP contribution in [0.15, 0.2) is 0 Å². The van der Waals surface area contributed by atoms with Crippen molar-refractivity contribution in [3.05, 3.63) is 0 Å². The highest BCUT2D eigenvalue weighted by Gasteiger charge is 2.37. The molecule has 2 saturated carbocycles. The molecule has 16 heavy (non-hydrogen) atoms. The molecule has 3 aliphatic rings. The molecule has 3 rings (SSSR count). The third-order valence-corrected chi connectivity index (χ3v) is 4.92. The fraction of sp³-hybridized carbons (Fsp3) is 1.00. The van der Waals surface area contributed by atoms with Crippen LogP contribution in [0.4, 0.5) is 0 Å². The van der Waals surface area contributed by atoms with Gasteiger partial charge >= 0.3 is 0 Å². The second kappa shape index (κ2) is 5.05. The van der Waals surface area contributed by atoms with Crippen molar-refractivity contribution in [1.29, 1.82) is 0 Å². The molecule has 0 aromatic heterocycles. The molecule has 1 saturated heterocycles. The highest BCUT2D eigenvalue weighted by Crippen LogP contribution is 2.34. The molecule has 2 nitrogen and oxygen atoms in total. The number of hydrogen-bond donors (Lipinski definition) is 1. The molecule has 3 atom stereocenters.